The van der Waals surface area contributed by atoms with E-state index < -0.39 is 5.60 Å². The molecule has 1 unspecified atom stereocenters. The Kier molecular flexibility index (Phi) is 5.57. The van der Waals surface area contributed by atoms with Gasteiger partial charge in [0, 0.05) is 19.6 Å². The first kappa shape index (κ1) is 17.4. The molecule has 1 atom stereocenters. The maximum absolute atomic E-state index is 12.4. The van der Waals surface area contributed by atoms with Crippen molar-refractivity contribution >= 4 is 5.91 Å². The van der Waals surface area contributed by atoms with E-state index in [2.05, 4.69) is 35.2 Å². The molecule has 2 fully saturated rings. The minimum Gasteiger partial charge on any atom is -0.380 e. The summed E-state index contributed by atoms with van der Waals surface area (Å²) in [6, 6.07) is 10.6. The molecular formula is C20H30N2O2. The fourth-order valence-electron chi connectivity index (χ4n) is 3.70. The van der Waals surface area contributed by atoms with E-state index in [1.54, 1.807) is 0 Å². The maximum atomic E-state index is 12.4. The SMILES string of the molecule is CCN(CC1CCCN(Cc2ccccc2)CC1)C(=O)C1(O)CC1. The zero-order chi connectivity index (χ0) is 17.0. The Morgan fingerprint density at radius 3 is 2.67 bits per heavy atom. The molecular weight excluding hydrogens is 300 g/mol. The number of amides is 1. The Balaban J connectivity index is 1.50. The molecule has 24 heavy (non-hydrogen) atoms. The third kappa shape index (κ3) is 4.37. The molecule has 1 saturated heterocycles. The fraction of sp³-hybridized carbons (Fsp3) is 0.650. The zero-order valence-corrected chi connectivity index (χ0v) is 14.8. The Labute approximate surface area is 145 Å². The van der Waals surface area contributed by atoms with Crippen LogP contribution in [0.25, 0.3) is 0 Å². The summed E-state index contributed by atoms with van der Waals surface area (Å²) in [5, 5.41) is 10.1. The van der Waals surface area contributed by atoms with Crippen molar-refractivity contribution in [2.75, 3.05) is 26.2 Å². The van der Waals surface area contributed by atoms with Gasteiger partial charge in [0.15, 0.2) is 0 Å². The third-order valence-corrected chi connectivity index (χ3v) is 5.46. The summed E-state index contributed by atoms with van der Waals surface area (Å²) in [5.74, 6) is 0.507. The van der Waals surface area contributed by atoms with Gasteiger partial charge in [-0.15, -0.1) is 0 Å². The quantitative estimate of drug-likeness (QED) is 0.872. The van der Waals surface area contributed by atoms with Gasteiger partial charge in [-0.3, -0.25) is 9.69 Å². The number of nitrogens with zero attached hydrogens (tertiary/aromatic N) is 2. The lowest BCUT2D eigenvalue weighted by atomic mass is 9.99. The fourth-order valence-corrected chi connectivity index (χ4v) is 3.70. The van der Waals surface area contributed by atoms with E-state index >= 15 is 0 Å². The van der Waals surface area contributed by atoms with Crippen molar-refractivity contribution in [1.29, 1.82) is 0 Å². The van der Waals surface area contributed by atoms with Crippen LogP contribution >= 0.6 is 0 Å². The number of carbonyl (C=O) groups excluding carboxylic acids is 1. The molecule has 1 amide bonds. The van der Waals surface area contributed by atoms with Crippen LogP contribution in [0.15, 0.2) is 30.3 Å². The molecule has 1 saturated carbocycles. The monoisotopic (exact) mass is 330 g/mol. The number of carbonyl (C=O) groups is 1. The van der Waals surface area contributed by atoms with Gasteiger partial charge in [0.1, 0.15) is 5.60 Å². The molecule has 1 heterocycles. The summed E-state index contributed by atoms with van der Waals surface area (Å²) in [4.78, 5) is 16.8. The highest BCUT2D eigenvalue weighted by molar-refractivity contribution is 5.87. The van der Waals surface area contributed by atoms with Crippen LogP contribution in [0, 0.1) is 5.92 Å². The van der Waals surface area contributed by atoms with Crippen LogP contribution in [-0.4, -0.2) is 52.6 Å². The van der Waals surface area contributed by atoms with Crippen molar-refractivity contribution in [3.63, 3.8) is 0 Å². The Bertz CT molecular complexity index is 542. The highest BCUT2D eigenvalue weighted by atomic mass is 16.3. The highest BCUT2D eigenvalue weighted by Gasteiger charge is 2.50. The van der Waals surface area contributed by atoms with Crippen LogP contribution in [0.4, 0.5) is 0 Å². The van der Waals surface area contributed by atoms with Crippen molar-refractivity contribution in [3.8, 4) is 0 Å². The molecule has 1 aromatic rings. The van der Waals surface area contributed by atoms with Crippen LogP contribution in [0.3, 0.4) is 0 Å². The number of rotatable bonds is 6. The van der Waals surface area contributed by atoms with E-state index in [9.17, 15) is 9.90 Å². The smallest absolute Gasteiger partial charge is 0.254 e. The molecule has 0 spiro atoms. The second kappa shape index (κ2) is 7.66. The van der Waals surface area contributed by atoms with Gasteiger partial charge >= 0.3 is 0 Å². The van der Waals surface area contributed by atoms with Gasteiger partial charge in [-0.1, -0.05) is 30.3 Å². The first-order valence-electron chi connectivity index (χ1n) is 9.39. The van der Waals surface area contributed by atoms with Gasteiger partial charge in [0.25, 0.3) is 5.91 Å². The molecule has 4 heteroatoms. The topological polar surface area (TPSA) is 43.8 Å². The number of aliphatic hydroxyl groups is 1. The number of hydrogen-bond acceptors (Lipinski definition) is 3. The highest BCUT2D eigenvalue weighted by Crippen LogP contribution is 2.37. The Morgan fingerprint density at radius 1 is 1.25 bits per heavy atom. The molecule has 3 rings (SSSR count). The van der Waals surface area contributed by atoms with Gasteiger partial charge < -0.3 is 10.0 Å². The number of likely N-dealkylation sites (tertiary alicyclic amines) is 1. The zero-order valence-electron chi connectivity index (χ0n) is 14.8. The van der Waals surface area contributed by atoms with E-state index in [1.807, 2.05) is 11.8 Å². The van der Waals surface area contributed by atoms with Crippen molar-refractivity contribution in [2.45, 2.75) is 51.2 Å². The maximum Gasteiger partial charge on any atom is 0.254 e. The number of hydrogen-bond donors (Lipinski definition) is 1. The average Bonchev–Trinajstić information content (AvgIpc) is 3.38. The molecule has 2 aliphatic rings. The lowest BCUT2D eigenvalue weighted by Gasteiger charge is -2.28. The van der Waals surface area contributed by atoms with Crippen molar-refractivity contribution < 1.29 is 9.90 Å². The first-order valence-corrected chi connectivity index (χ1v) is 9.39. The molecule has 0 bridgehead atoms. The summed E-state index contributed by atoms with van der Waals surface area (Å²) in [6.07, 6.45) is 4.77. The molecule has 1 aliphatic heterocycles. The summed E-state index contributed by atoms with van der Waals surface area (Å²) in [7, 11) is 0. The van der Waals surface area contributed by atoms with Crippen LogP contribution in [0.5, 0.6) is 0 Å². The van der Waals surface area contributed by atoms with E-state index in [0.717, 1.165) is 32.6 Å². The molecule has 1 N–H and O–H groups in total. The molecule has 1 aliphatic carbocycles. The Hall–Kier alpha value is -1.39. The average molecular weight is 330 g/mol. The molecule has 4 nitrogen and oxygen atoms in total. The normalized spacial score (nSPS) is 23.5. The number of likely N-dealkylation sites (N-methyl/N-ethyl adjacent to an activating group) is 1. The van der Waals surface area contributed by atoms with Crippen molar-refractivity contribution in [2.24, 2.45) is 5.92 Å². The third-order valence-electron chi connectivity index (χ3n) is 5.46. The van der Waals surface area contributed by atoms with Crippen LogP contribution in [0.2, 0.25) is 0 Å². The summed E-state index contributed by atoms with van der Waals surface area (Å²) < 4.78 is 0. The lowest BCUT2D eigenvalue weighted by Crippen LogP contribution is -2.43. The molecule has 132 valence electrons. The van der Waals surface area contributed by atoms with Gasteiger partial charge in [0.05, 0.1) is 0 Å². The Morgan fingerprint density at radius 2 is 2.00 bits per heavy atom. The second-order valence-electron chi connectivity index (χ2n) is 7.43. The lowest BCUT2D eigenvalue weighted by molar-refractivity contribution is -0.143. The first-order chi connectivity index (χ1) is 11.6. The van der Waals surface area contributed by atoms with E-state index in [0.29, 0.717) is 25.3 Å². The summed E-state index contributed by atoms with van der Waals surface area (Å²) in [6.45, 7) is 6.76. The van der Waals surface area contributed by atoms with Gasteiger partial charge in [-0.05, 0) is 63.6 Å². The van der Waals surface area contributed by atoms with Gasteiger partial charge in [-0.25, -0.2) is 0 Å². The van der Waals surface area contributed by atoms with Gasteiger partial charge in [-0.2, -0.15) is 0 Å². The van der Waals surface area contributed by atoms with E-state index in [1.165, 1.54) is 18.4 Å². The van der Waals surface area contributed by atoms with Crippen LogP contribution in [0.1, 0.15) is 44.6 Å². The number of benzene rings is 1. The van der Waals surface area contributed by atoms with E-state index in [-0.39, 0.29) is 5.91 Å². The summed E-state index contributed by atoms with van der Waals surface area (Å²) >= 11 is 0. The largest absolute Gasteiger partial charge is 0.380 e. The van der Waals surface area contributed by atoms with E-state index in [4.69, 9.17) is 0 Å². The van der Waals surface area contributed by atoms with Crippen molar-refractivity contribution in [1.82, 2.24) is 9.80 Å². The van der Waals surface area contributed by atoms with Crippen LogP contribution in [-0.2, 0) is 11.3 Å². The second-order valence-corrected chi connectivity index (χ2v) is 7.43. The minimum absolute atomic E-state index is 0.0459. The predicted molar refractivity (Wildman–Crippen MR) is 95.5 cm³/mol. The van der Waals surface area contributed by atoms with Crippen molar-refractivity contribution in [3.05, 3.63) is 35.9 Å². The van der Waals surface area contributed by atoms with Gasteiger partial charge in [0.2, 0.25) is 0 Å². The molecule has 0 aromatic heterocycles. The van der Waals surface area contributed by atoms with Crippen LogP contribution < -0.4 is 0 Å². The predicted octanol–water partition coefficient (Wildman–Crippen LogP) is 2.66. The standard InChI is InChI=1S/C20H30N2O2/c1-2-22(19(23)20(24)11-12-20)16-18-9-6-13-21(14-10-18)15-17-7-4-3-5-8-17/h3-5,7-8,18,24H,2,6,9-16H2,1H3. The minimum atomic E-state index is -1.03. The summed E-state index contributed by atoms with van der Waals surface area (Å²) in [5.41, 5.74) is 0.345. The molecule has 0 radical (unpaired) electrons. The molecule has 1 aromatic carbocycles.